The van der Waals surface area contributed by atoms with Gasteiger partial charge in [-0.1, -0.05) is 62.3 Å². The highest BCUT2D eigenvalue weighted by atomic mass is 16.6. The largest absolute Gasteiger partial charge is 0.463 e. The second-order valence-electron chi connectivity index (χ2n) is 30.3. The molecule has 0 aromatic heterocycles. The SMILES string of the molecule is CCC(C)(C)C(=O)OCC(CO)NC(=O)NC.CCC(C)(C)OC(=O)CC(CO)NC(=O)NC.CCC(C)(C)OCC(CO)NC(=O)NC.CCC(C)(C)OCC(O)CNC(=O)NC.CCC(C)C(=O)OCC(CO)NC(=O)NC.CCC(C)OC(=O)CC(CO)NC(=O)NC.CCC(C)OCC(CO)NC(=O)NC.CCC(C)OCC(O)CNC(=O)NC. The molecule has 24 N–H and O–H groups in total. The lowest BCUT2D eigenvalue weighted by atomic mass is 9.91. The van der Waals surface area contributed by atoms with E-state index in [0.717, 1.165) is 32.1 Å². The molecule has 0 fully saturated rings. The molecular weight excluding hydrogens is 1630 g/mol. The van der Waals surface area contributed by atoms with Gasteiger partial charge in [-0.25, -0.2) is 38.4 Å². The Morgan fingerprint density at radius 3 is 0.919 bits per heavy atom. The van der Waals surface area contributed by atoms with Gasteiger partial charge in [-0.3, -0.25) is 19.2 Å². The molecule has 0 rings (SSSR count). The van der Waals surface area contributed by atoms with Gasteiger partial charge in [-0.2, -0.15) is 0 Å². The molecule has 0 aromatic rings. The topological polar surface area (TPSA) is 633 Å². The van der Waals surface area contributed by atoms with Gasteiger partial charge in [0.05, 0.1) is 168 Å². The average molecular weight is 1800 g/mol. The van der Waals surface area contributed by atoms with Crippen molar-refractivity contribution >= 4 is 72.1 Å². The predicted molar refractivity (Wildman–Crippen MR) is 471 cm³/mol. The van der Waals surface area contributed by atoms with Crippen LogP contribution < -0.4 is 85.1 Å². The number of aliphatic hydroxyl groups is 8. The summed E-state index contributed by atoms with van der Waals surface area (Å²) < 4.78 is 42.0. The number of ether oxygens (including phenoxy) is 8. The molecule has 736 valence electrons. The Morgan fingerprint density at radius 1 is 0.323 bits per heavy atom. The van der Waals surface area contributed by atoms with Crippen LogP contribution in [0.15, 0.2) is 0 Å². The van der Waals surface area contributed by atoms with E-state index in [2.05, 4.69) is 85.1 Å². The number of carbonyl (C=O) groups is 12. The summed E-state index contributed by atoms with van der Waals surface area (Å²) in [6, 6.07) is -6.05. The number of esters is 4. The van der Waals surface area contributed by atoms with Crippen LogP contribution in [0.5, 0.6) is 0 Å². The van der Waals surface area contributed by atoms with Gasteiger partial charge < -0.3 is 164 Å². The minimum absolute atomic E-state index is 0.0207. The van der Waals surface area contributed by atoms with Crippen molar-refractivity contribution in [2.24, 2.45) is 11.3 Å². The first kappa shape index (κ1) is 131. The Bertz CT molecular complexity index is 2790. The van der Waals surface area contributed by atoms with Crippen LogP contribution in [0.25, 0.3) is 0 Å². The fraction of sp³-hybridized carbons (Fsp3) is 0.850. The van der Waals surface area contributed by atoms with E-state index in [1.807, 2.05) is 111 Å². The van der Waals surface area contributed by atoms with Crippen molar-refractivity contribution in [1.29, 1.82) is 0 Å². The molecule has 124 heavy (non-hydrogen) atoms. The third kappa shape index (κ3) is 81.9. The molecule has 0 heterocycles. The van der Waals surface area contributed by atoms with Crippen molar-refractivity contribution in [1.82, 2.24) is 85.1 Å². The summed E-state index contributed by atoms with van der Waals surface area (Å²) in [6.45, 7) is 38.2. The molecule has 0 bridgehead atoms. The first-order valence-electron chi connectivity index (χ1n) is 42.0. The quantitative estimate of drug-likeness (QED) is 0.0304. The number of amides is 16. The van der Waals surface area contributed by atoms with Crippen LogP contribution in [0.1, 0.15) is 203 Å². The summed E-state index contributed by atoms with van der Waals surface area (Å²) in [6.07, 6.45) is 5.12. The number of nitrogens with one attached hydrogen (secondary N) is 16. The van der Waals surface area contributed by atoms with Crippen molar-refractivity contribution in [3.63, 3.8) is 0 Å². The van der Waals surface area contributed by atoms with E-state index in [4.69, 9.17) is 68.5 Å². The van der Waals surface area contributed by atoms with Gasteiger partial charge in [0.15, 0.2) is 0 Å². The third-order valence-electron chi connectivity index (χ3n) is 17.8. The number of rotatable bonds is 48. The zero-order chi connectivity index (χ0) is 97.8. The second-order valence-corrected chi connectivity index (χ2v) is 30.3. The minimum Gasteiger partial charge on any atom is -0.463 e. The Hall–Kier alpha value is -8.44. The third-order valence-corrected chi connectivity index (χ3v) is 17.8. The monoisotopic (exact) mass is 1800 g/mol. The normalized spacial score (nSPS) is 13.6. The van der Waals surface area contributed by atoms with Gasteiger partial charge in [0, 0.05) is 69.5 Å². The fourth-order valence-corrected chi connectivity index (χ4v) is 6.97. The maximum atomic E-state index is 11.6. The Morgan fingerprint density at radius 2 is 0.613 bits per heavy atom. The molecular formula is C80H168N16O28. The smallest absolute Gasteiger partial charge is 0.314 e. The molecule has 0 aliphatic carbocycles. The van der Waals surface area contributed by atoms with Crippen LogP contribution in [-0.4, -0.2) is 345 Å². The number of carbonyl (C=O) groups excluding carboxylic acids is 12. The van der Waals surface area contributed by atoms with Gasteiger partial charge in [0.2, 0.25) is 0 Å². The van der Waals surface area contributed by atoms with E-state index >= 15 is 0 Å². The van der Waals surface area contributed by atoms with Gasteiger partial charge >= 0.3 is 72.1 Å². The highest BCUT2D eigenvalue weighted by Gasteiger charge is 2.29. The molecule has 12 unspecified atom stereocenters. The standard InChI is InChI=1S/2C11H22N2O4.2C10H20N2O4.2C10H22N2O3.2C9H20N2O3/c1-5-11(2,3)9(15)17-7-8(6-14)13-10(16)12-4;1-5-11(2,3)17-9(15)6-8(7-14)13-10(16)12-4;1-4-7(2)9(14)16-6-8(5-13)12-10(15)11-3;1-4-7(2)16-9(14)5-8(6-13)12-10(15)11-3;1-5-10(2,3)15-7-8(6-13)12-9(14)11-4;1-5-10(2,3)15-7-8(13)6-12-9(14)11-4;1-4-7(2)14-6-8(5-12)11-9(13)10-3;1-4-7(2)14-6-8(12)5-11-9(13)10-3/h2*8,14H,5-7H2,1-4H3,(H2,12,13,16);2*7-8,13H,4-6H2,1-3H3,(H2,11,12,15);2*8,13H,5-7H2,1-4H3,(H2,11,12,14);2*7-8,12H,4-6H2,1-3H3,(H2,10,11,13). The second kappa shape index (κ2) is 80.4. The molecule has 0 spiro atoms. The Labute approximate surface area is 737 Å². The number of aliphatic hydroxyl groups excluding tert-OH is 8. The van der Waals surface area contributed by atoms with E-state index in [-0.39, 0.29) is 176 Å². The molecule has 12 atom stereocenters. The van der Waals surface area contributed by atoms with Crippen molar-refractivity contribution in [2.75, 3.05) is 149 Å². The van der Waals surface area contributed by atoms with Crippen LogP contribution in [-0.2, 0) is 57.1 Å². The summed E-state index contributed by atoms with van der Waals surface area (Å²) in [5.74, 6) is -1.69. The first-order chi connectivity index (χ1) is 57.9. The van der Waals surface area contributed by atoms with Gasteiger partial charge in [0.1, 0.15) is 18.8 Å². The molecule has 0 aromatic carbocycles. The van der Waals surface area contributed by atoms with Crippen LogP contribution in [0.4, 0.5) is 38.4 Å². The molecule has 0 saturated heterocycles. The number of hydrogen-bond acceptors (Lipinski definition) is 28. The lowest BCUT2D eigenvalue weighted by Crippen LogP contribution is -2.46. The van der Waals surface area contributed by atoms with Crippen LogP contribution in [0, 0.1) is 11.3 Å². The fourth-order valence-electron chi connectivity index (χ4n) is 6.97. The number of urea groups is 8. The summed E-state index contributed by atoms with van der Waals surface area (Å²) in [5.41, 5.74) is -1.52. The molecule has 44 heteroatoms. The van der Waals surface area contributed by atoms with E-state index < -0.39 is 83.5 Å². The molecule has 16 amide bonds. The van der Waals surface area contributed by atoms with Crippen molar-refractivity contribution in [3.8, 4) is 0 Å². The molecule has 0 aliphatic heterocycles. The summed E-state index contributed by atoms with van der Waals surface area (Å²) in [7, 11) is 12.0. The zero-order valence-electron chi connectivity index (χ0n) is 79.6. The maximum Gasteiger partial charge on any atom is 0.314 e. The Balaban J connectivity index is -0.000000207. The highest BCUT2D eigenvalue weighted by molar-refractivity contribution is 5.79. The molecule has 44 nitrogen and oxygen atoms in total. The van der Waals surface area contributed by atoms with E-state index in [1.165, 1.54) is 56.4 Å². The number of hydrogen-bond donors (Lipinski definition) is 24. The molecule has 0 radical (unpaired) electrons. The lowest BCUT2D eigenvalue weighted by molar-refractivity contribution is -0.157. The minimum atomic E-state index is -0.673. The van der Waals surface area contributed by atoms with E-state index in [1.54, 1.807) is 27.7 Å². The summed E-state index contributed by atoms with van der Waals surface area (Å²) in [4.78, 5) is 133. The predicted octanol–water partition coefficient (Wildman–Crippen LogP) is 1.67. The molecule has 0 saturated carbocycles. The highest BCUT2D eigenvalue weighted by Crippen LogP contribution is 2.22. The van der Waals surface area contributed by atoms with Crippen LogP contribution in [0.2, 0.25) is 0 Å². The summed E-state index contributed by atoms with van der Waals surface area (Å²) in [5, 5.41) is 112. The first-order valence-corrected chi connectivity index (χ1v) is 42.0. The van der Waals surface area contributed by atoms with E-state index in [9.17, 15) is 67.7 Å². The summed E-state index contributed by atoms with van der Waals surface area (Å²) >= 11 is 0. The average Bonchev–Trinajstić information content (AvgIpc) is 0.887. The molecule has 0 aliphatic rings. The van der Waals surface area contributed by atoms with Crippen LogP contribution in [0.3, 0.4) is 0 Å². The van der Waals surface area contributed by atoms with Crippen LogP contribution >= 0.6 is 0 Å². The van der Waals surface area contributed by atoms with Gasteiger partial charge in [0.25, 0.3) is 0 Å². The van der Waals surface area contributed by atoms with Gasteiger partial charge in [-0.15, -0.1) is 0 Å². The van der Waals surface area contributed by atoms with Crippen molar-refractivity contribution in [2.45, 2.75) is 286 Å². The lowest BCUT2D eigenvalue weighted by Gasteiger charge is -2.26. The van der Waals surface area contributed by atoms with Crippen molar-refractivity contribution < 1.29 is 136 Å². The van der Waals surface area contributed by atoms with E-state index in [0.29, 0.717) is 32.5 Å². The zero-order valence-corrected chi connectivity index (χ0v) is 79.6. The Kier molecular flexibility index (Phi) is 85.0. The maximum absolute atomic E-state index is 11.6. The van der Waals surface area contributed by atoms with Gasteiger partial charge in [-0.05, 0) is 128 Å². The van der Waals surface area contributed by atoms with Crippen molar-refractivity contribution in [3.05, 3.63) is 0 Å².